The molecule has 9 heteroatoms. The smallest absolute Gasteiger partial charge is 0.253 e. The molecule has 0 bridgehead atoms. The third-order valence-electron chi connectivity index (χ3n) is 5.19. The van der Waals surface area contributed by atoms with Crippen LogP contribution >= 0.6 is 0 Å². The molecule has 1 aliphatic rings. The Kier molecular flexibility index (Phi) is 5.97. The fourth-order valence-electron chi connectivity index (χ4n) is 3.48. The molecule has 8 nitrogen and oxygen atoms in total. The van der Waals surface area contributed by atoms with Gasteiger partial charge >= 0.3 is 0 Å². The van der Waals surface area contributed by atoms with Gasteiger partial charge in [-0.15, -0.1) is 0 Å². The maximum absolute atomic E-state index is 12.8. The van der Waals surface area contributed by atoms with E-state index < -0.39 is 10.0 Å². The Labute approximate surface area is 180 Å². The number of aromatic hydroxyl groups is 1. The lowest BCUT2D eigenvalue weighted by molar-refractivity contribution is 0.0746. The first-order valence-corrected chi connectivity index (χ1v) is 11.4. The first kappa shape index (κ1) is 21.0. The van der Waals surface area contributed by atoms with Crippen molar-refractivity contribution >= 4 is 21.6 Å². The summed E-state index contributed by atoms with van der Waals surface area (Å²) in [5.41, 5.74) is 1.36. The number of amides is 1. The topological polar surface area (TPSA) is 103 Å². The Hall–Kier alpha value is -3.30. The van der Waals surface area contributed by atoms with E-state index >= 15 is 0 Å². The number of nitrogens with zero attached hydrogens (tertiary/aromatic N) is 2. The minimum absolute atomic E-state index is 0.0550. The minimum atomic E-state index is -3.71. The van der Waals surface area contributed by atoms with Crippen LogP contribution in [0.15, 0.2) is 76.2 Å². The van der Waals surface area contributed by atoms with E-state index in [-0.39, 0.29) is 23.1 Å². The first-order valence-electron chi connectivity index (χ1n) is 9.88. The zero-order valence-corrected chi connectivity index (χ0v) is 17.6. The van der Waals surface area contributed by atoms with Gasteiger partial charge in [-0.25, -0.2) is 13.1 Å². The van der Waals surface area contributed by atoms with Crippen molar-refractivity contribution in [2.75, 3.05) is 31.1 Å². The molecule has 2 aromatic carbocycles. The average Bonchev–Trinajstić information content (AvgIpc) is 3.31. The Morgan fingerprint density at radius 1 is 1.00 bits per heavy atom. The molecule has 0 unspecified atom stereocenters. The lowest BCUT2D eigenvalue weighted by atomic mass is 10.1. The summed E-state index contributed by atoms with van der Waals surface area (Å²) in [7, 11) is -3.71. The van der Waals surface area contributed by atoms with Gasteiger partial charge in [0.25, 0.3) is 5.91 Å². The number of hydrogen-bond donors (Lipinski definition) is 2. The van der Waals surface area contributed by atoms with E-state index in [0.717, 1.165) is 5.69 Å². The number of phenols is 1. The van der Waals surface area contributed by atoms with Gasteiger partial charge in [-0.1, -0.05) is 6.07 Å². The van der Waals surface area contributed by atoms with Crippen LogP contribution in [-0.4, -0.2) is 50.5 Å². The molecule has 1 aromatic heterocycles. The summed E-state index contributed by atoms with van der Waals surface area (Å²) >= 11 is 0. The number of sulfonamides is 1. The Balaban J connectivity index is 1.36. The number of hydrogen-bond acceptors (Lipinski definition) is 6. The van der Waals surface area contributed by atoms with E-state index in [1.807, 2.05) is 6.07 Å². The highest BCUT2D eigenvalue weighted by molar-refractivity contribution is 7.89. The maximum atomic E-state index is 12.8. The van der Waals surface area contributed by atoms with Crippen molar-refractivity contribution < 1.29 is 22.7 Å². The number of carbonyl (C=O) groups excluding carboxylic acids is 1. The molecular formula is C22H23N3O5S. The Bertz CT molecular complexity index is 1140. The molecule has 0 spiro atoms. The van der Waals surface area contributed by atoms with Gasteiger partial charge in [-0.05, 0) is 48.5 Å². The van der Waals surface area contributed by atoms with Crippen LogP contribution in [-0.2, 0) is 16.6 Å². The molecule has 2 N–H and O–H groups in total. The minimum Gasteiger partial charge on any atom is -0.508 e. The van der Waals surface area contributed by atoms with E-state index in [1.165, 1.54) is 30.5 Å². The number of anilines is 1. The fourth-order valence-corrected chi connectivity index (χ4v) is 4.47. The zero-order chi connectivity index (χ0) is 21.8. The van der Waals surface area contributed by atoms with Crippen molar-refractivity contribution in [2.45, 2.75) is 11.4 Å². The number of nitrogens with one attached hydrogen (secondary N) is 1. The van der Waals surface area contributed by atoms with Gasteiger partial charge in [-0.3, -0.25) is 4.79 Å². The molecule has 0 radical (unpaired) electrons. The molecule has 0 aliphatic carbocycles. The van der Waals surface area contributed by atoms with Crippen LogP contribution < -0.4 is 9.62 Å². The normalized spacial score (nSPS) is 14.6. The molecule has 3 aromatic rings. The molecule has 0 saturated carbocycles. The molecule has 31 heavy (non-hydrogen) atoms. The number of carbonyl (C=O) groups is 1. The molecule has 1 amide bonds. The van der Waals surface area contributed by atoms with E-state index in [9.17, 15) is 18.3 Å². The second kappa shape index (κ2) is 8.83. The molecule has 1 fully saturated rings. The van der Waals surface area contributed by atoms with Gasteiger partial charge in [0.05, 0.1) is 17.7 Å². The molecule has 1 aliphatic heterocycles. The van der Waals surface area contributed by atoms with Crippen molar-refractivity contribution in [3.8, 4) is 5.75 Å². The first-order chi connectivity index (χ1) is 14.9. The standard InChI is InChI=1S/C22H23N3O5S/c26-19-4-1-3-18(15-19)24-10-12-25(13-11-24)22(27)17-6-8-21(9-7-17)31(28,29)23-16-20-5-2-14-30-20/h1-9,14-15,23,26H,10-13,16H2. The number of rotatable bonds is 6. The van der Waals surface area contributed by atoms with Gasteiger partial charge < -0.3 is 19.3 Å². The van der Waals surface area contributed by atoms with Crippen LogP contribution in [0.4, 0.5) is 5.69 Å². The lowest BCUT2D eigenvalue weighted by Gasteiger charge is -2.36. The third-order valence-corrected chi connectivity index (χ3v) is 6.61. The summed E-state index contributed by atoms with van der Waals surface area (Å²) < 4.78 is 32.5. The fraction of sp³-hybridized carbons (Fsp3) is 0.227. The number of piperazine rings is 1. The quantitative estimate of drug-likeness (QED) is 0.609. The summed E-state index contributed by atoms with van der Waals surface area (Å²) in [5.74, 6) is 0.591. The summed E-state index contributed by atoms with van der Waals surface area (Å²) in [4.78, 5) is 16.8. The molecule has 0 atom stereocenters. The van der Waals surface area contributed by atoms with Gasteiger partial charge in [-0.2, -0.15) is 0 Å². The van der Waals surface area contributed by atoms with E-state index in [0.29, 0.717) is 37.5 Å². The lowest BCUT2D eigenvalue weighted by Crippen LogP contribution is -2.48. The summed E-state index contributed by atoms with van der Waals surface area (Å²) in [5, 5.41) is 9.65. The van der Waals surface area contributed by atoms with E-state index in [2.05, 4.69) is 9.62 Å². The van der Waals surface area contributed by atoms with Crippen LogP contribution in [0.5, 0.6) is 5.75 Å². The van der Waals surface area contributed by atoms with Crippen LogP contribution in [0.3, 0.4) is 0 Å². The van der Waals surface area contributed by atoms with Gasteiger partial charge in [0, 0.05) is 43.5 Å². The summed E-state index contributed by atoms with van der Waals surface area (Å²) in [6.07, 6.45) is 1.48. The second-order valence-corrected chi connectivity index (χ2v) is 8.99. The van der Waals surface area contributed by atoms with Gasteiger partial charge in [0.2, 0.25) is 10.0 Å². The van der Waals surface area contributed by atoms with Gasteiger partial charge in [0.15, 0.2) is 0 Å². The molecule has 4 rings (SSSR count). The molecular weight excluding hydrogens is 418 g/mol. The number of furan rings is 1. The Morgan fingerprint density at radius 3 is 2.39 bits per heavy atom. The van der Waals surface area contributed by atoms with Crippen molar-refractivity contribution in [1.29, 1.82) is 0 Å². The molecule has 162 valence electrons. The van der Waals surface area contributed by atoms with E-state index in [4.69, 9.17) is 4.42 Å². The predicted octanol–water partition coefficient (Wildman–Crippen LogP) is 2.43. The highest BCUT2D eigenvalue weighted by Crippen LogP contribution is 2.22. The monoisotopic (exact) mass is 441 g/mol. The van der Waals surface area contributed by atoms with Crippen LogP contribution in [0.1, 0.15) is 16.1 Å². The zero-order valence-electron chi connectivity index (χ0n) is 16.8. The summed E-state index contributed by atoms with van der Waals surface area (Å²) in [6.45, 7) is 2.44. The van der Waals surface area contributed by atoms with Gasteiger partial charge in [0.1, 0.15) is 11.5 Å². The largest absolute Gasteiger partial charge is 0.508 e. The summed E-state index contributed by atoms with van der Waals surface area (Å²) in [6, 6.07) is 16.4. The van der Waals surface area contributed by atoms with Crippen molar-refractivity contribution in [1.82, 2.24) is 9.62 Å². The van der Waals surface area contributed by atoms with Crippen molar-refractivity contribution in [3.05, 3.63) is 78.3 Å². The highest BCUT2D eigenvalue weighted by atomic mass is 32.2. The SMILES string of the molecule is O=C(c1ccc(S(=O)(=O)NCc2ccco2)cc1)N1CCN(c2cccc(O)c2)CC1. The van der Waals surface area contributed by atoms with Crippen LogP contribution in [0.2, 0.25) is 0 Å². The van der Waals surface area contributed by atoms with E-state index in [1.54, 1.807) is 35.2 Å². The van der Waals surface area contributed by atoms with Crippen molar-refractivity contribution in [3.63, 3.8) is 0 Å². The van der Waals surface area contributed by atoms with Crippen LogP contribution in [0, 0.1) is 0 Å². The Morgan fingerprint density at radius 2 is 1.74 bits per heavy atom. The molecule has 2 heterocycles. The predicted molar refractivity (Wildman–Crippen MR) is 115 cm³/mol. The number of benzene rings is 2. The van der Waals surface area contributed by atoms with Crippen molar-refractivity contribution in [2.24, 2.45) is 0 Å². The second-order valence-electron chi connectivity index (χ2n) is 7.23. The number of phenolic OH excluding ortho intramolecular Hbond substituents is 1. The van der Waals surface area contributed by atoms with Crippen LogP contribution in [0.25, 0.3) is 0 Å². The highest BCUT2D eigenvalue weighted by Gasteiger charge is 2.23. The molecule has 1 saturated heterocycles. The third kappa shape index (κ3) is 4.89. The maximum Gasteiger partial charge on any atom is 0.253 e. The average molecular weight is 442 g/mol.